The van der Waals surface area contributed by atoms with Gasteiger partial charge in [0.05, 0.1) is 0 Å². The summed E-state index contributed by atoms with van der Waals surface area (Å²) in [5.74, 6) is 0.381. The van der Waals surface area contributed by atoms with Crippen molar-refractivity contribution in [3.8, 4) is 5.75 Å². The lowest BCUT2D eigenvalue weighted by molar-refractivity contribution is 0.451. The van der Waals surface area contributed by atoms with Crippen LogP contribution >= 0.6 is 0 Å². The van der Waals surface area contributed by atoms with Gasteiger partial charge in [-0.25, -0.2) is 0 Å². The fraction of sp³-hybridized carbons (Fsp3) is 0.294. The average molecular weight is 240 g/mol. The molecule has 18 heavy (non-hydrogen) atoms. The molecule has 0 unspecified atom stereocenters. The Morgan fingerprint density at radius 1 is 0.889 bits per heavy atom. The molecule has 0 aliphatic rings. The summed E-state index contributed by atoms with van der Waals surface area (Å²) in [6, 6.07) is 14.1. The fourth-order valence-electron chi connectivity index (χ4n) is 2.59. The van der Waals surface area contributed by atoms with Crippen molar-refractivity contribution in [3.63, 3.8) is 0 Å². The average Bonchev–Trinajstić information content (AvgIpc) is 2.35. The second kappa shape index (κ2) is 4.49. The molecular weight excluding hydrogens is 220 g/mol. The van der Waals surface area contributed by atoms with Gasteiger partial charge in [0.1, 0.15) is 5.75 Å². The number of hydrogen-bond acceptors (Lipinski definition) is 1. The first-order valence-corrected chi connectivity index (χ1v) is 6.29. The van der Waals surface area contributed by atoms with E-state index in [-0.39, 0.29) is 5.41 Å². The first-order valence-electron chi connectivity index (χ1n) is 6.29. The van der Waals surface area contributed by atoms with Gasteiger partial charge in [-0.1, -0.05) is 50.2 Å². The summed E-state index contributed by atoms with van der Waals surface area (Å²) in [6.45, 7) is 8.47. The largest absolute Gasteiger partial charge is 0.508 e. The third kappa shape index (κ3) is 2.01. The van der Waals surface area contributed by atoms with Crippen LogP contribution in [0.2, 0.25) is 0 Å². The maximum Gasteiger partial charge on any atom is 0.119 e. The molecule has 0 radical (unpaired) electrons. The van der Waals surface area contributed by atoms with Gasteiger partial charge < -0.3 is 5.11 Å². The van der Waals surface area contributed by atoms with Gasteiger partial charge in [-0.15, -0.1) is 0 Å². The molecule has 1 nitrogen and oxygen atoms in total. The first-order chi connectivity index (χ1) is 8.44. The molecule has 0 spiro atoms. The summed E-state index contributed by atoms with van der Waals surface area (Å²) in [6.07, 6.45) is 0. The van der Waals surface area contributed by atoms with Crippen molar-refractivity contribution in [3.05, 3.63) is 64.7 Å². The maximum absolute atomic E-state index is 10.2. The van der Waals surface area contributed by atoms with Crippen molar-refractivity contribution in [2.45, 2.75) is 33.1 Å². The lowest BCUT2D eigenvalue weighted by atomic mass is 9.75. The summed E-state index contributed by atoms with van der Waals surface area (Å²) in [4.78, 5) is 0. The monoisotopic (exact) mass is 240 g/mol. The van der Waals surface area contributed by atoms with Crippen molar-refractivity contribution >= 4 is 0 Å². The van der Waals surface area contributed by atoms with Crippen LogP contribution in [0.25, 0.3) is 0 Å². The van der Waals surface area contributed by atoms with Crippen LogP contribution in [-0.2, 0) is 5.41 Å². The molecule has 0 amide bonds. The molecule has 0 saturated carbocycles. The van der Waals surface area contributed by atoms with E-state index in [2.05, 4.69) is 39.8 Å². The Labute approximate surface area is 109 Å². The highest BCUT2D eigenvalue weighted by Crippen LogP contribution is 2.39. The van der Waals surface area contributed by atoms with Crippen molar-refractivity contribution < 1.29 is 5.11 Å². The zero-order valence-corrected chi connectivity index (χ0v) is 11.5. The maximum atomic E-state index is 10.2. The van der Waals surface area contributed by atoms with Crippen LogP contribution in [0.15, 0.2) is 42.5 Å². The number of phenols is 1. The lowest BCUT2D eigenvalue weighted by Gasteiger charge is -2.29. The standard InChI is InChI=1S/C17H20O/c1-12-10-11-15(18)16(13(12)2)17(3,4)14-8-6-5-7-9-14/h5-11,18H,1-4H3. The predicted molar refractivity (Wildman–Crippen MR) is 76.2 cm³/mol. The molecule has 0 atom stereocenters. The van der Waals surface area contributed by atoms with Crippen LogP contribution in [0.3, 0.4) is 0 Å². The third-order valence-corrected chi connectivity index (χ3v) is 3.83. The highest BCUT2D eigenvalue weighted by molar-refractivity contribution is 5.51. The number of phenolic OH excluding ortho intramolecular Hbond substituents is 1. The Morgan fingerprint density at radius 3 is 2.11 bits per heavy atom. The third-order valence-electron chi connectivity index (χ3n) is 3.83. The highest BCUT2D eigenvalue weighted by Gasteiger charge is 2.28. The number of aromatic hydroxyl groups is 1. The Morgan fingerprint density at radius 2 is 1.50 bits per heavy atom. The Hall–Kier alpha value is -1.76. The highest BCUT2D eigenvalue weighted by atomic mass is 16.3. The molecule has 0 heterocycles. The van der Waals surface area contributed by atoms with E-state index in [0.717, 1.165) is 5.56 Å². The van der Waals surface area contributed by atoms with Crippen LogP contribution in [0.1, 0.15) is 36.1 Å². The van der Waals surface area contributed by atoms with Crippen molar-refractivity contribution in [1.29, 1.82) is 0 Å². The molecule has 0 saturated heterocycles. The lowest BCUT2D eigenvalue weighted by Crippen LogP contribution is -2.20. The van der Waals surface area contributed by atoms with Crippen LogP contribution < -0.4 is 0 Å². The van der Waals surface area contributed by atoms with E-state index < -0.39 is 0 Å². The zero-order chi connectivity index (χ0) is 13.3. The summed E-state index contributed by atoms with van der Waals surface area (Å²) in [5.41, 5.74) is 4.43. The topological polar surface area (TPSA) is 20.2 Å². The van der Waals surface area contributed by atoms with Gasteiger partial charge in [0.25, 0.3) is 0 Å². The predicted octanol–water partition coefficient (Wildman–Crippen LogP) is 4.33. The molecule has 2 aromatic carbocycles. The molecule has 0 aromatic heterocycles. The van der Waals surface area contributed by atoms with Gasteiger partial charge >= 0.3 is 0 Å². The minimum absolute atomic E-state index is 0.193. The van der Waals surface area contributed by atoms with E-state index in [1.807, 2.05) is 24.3 Å². The molecule has 1 N–H and O–H groups in total. The second-order valence-electron chi connectivity index (χ2n) is 5.39. The molecule has 2 rings (SSSR count). The van der Waals surface area contributed by atoms with Crippen molar-refractivity contribution in [1.82, 2.24) is 0 Å². The number of benzene rings is 2. The molecule has 0 aliphatic carbocycles. The van der Waals surface area contributed by atoms with Crippen LogP contribution in [0, 0.1) is 13.8 Å². The molecule has 0 bridgehead atoms. The van der Waals surface area contributed by atoms with Crippen LogP contribution in [0.4, 0.5) is 0 Å². The van der Waals surface area contributed by atoms with E-state index in [4.69, 9.17) is 0 Å². The molecule has 94 valence electrons. The van der Waals surface area contributed by atoms with Gasteiger partial charge in [0.2, 0.25) is 0 Å². The van der Waals surface area contributed by atoms with Crippen molar-refractivity contribution in [2.24, 2.45) is 0 Å². The minimum atomic E-state index is -0.193. The Balaban J connectivity index is 2.65. The van der Waals surface area contributed by atoms with Crippen LogP contribution in [0.5, 0.6) is 5.75 Å². The van der Waals surface area contributed by atoms with E-state index in [1.54, 1.807) is 6.07 Å². The number of hydrogen-bond donors (Lipinski definition) is 1. The summed E-state index contributed by atoms with van der Waals surface area (Å²) >= 11 is 0. The normalized spacial score (nSPS) is 11.6. The summed E-state index contributed by atoms with van der Waals surface area (Å²) in [5, 5.41) is 10.2. The summed E-state index contributed by atoms with van der Waals surface area (Å²) < 4.78 is 0. The SMILES string of the molecule is Cc1ccc(O)c(C(C)(C)c2ccccc2)c1C. The van der Waals surface area contributed by atoms with E-state index in [1.165, 1.54) is 16.7 Å². The molecule has 1 heteroatoms. The van der Waals surface area contributed by atoms with Gasteiger partial charge in [-0.2, -0.15) is 0 Å². The molecule has 0 aliphatic heterocycles. The van der Waals surface area contributed by atoms with E-state index in [9.17, 15) is 5.11 Å². The quantitative estimate of drug-likeness (QED) is 0.828. The van der Waals surface area contributed by atoms with Crippen molar-refractivity contribution in [2.75, 3.05) is 0 Å². The van der Waals surface area contributed by atoms with E-state index in [0.29, 0.717) is 5.75 Å². The Bertz CT molecular complexity index is 553. The summed E-state index contributed by atoms with van der Waals surface area (Å²) in [7, 11) is 0. The van der Waals surface area contributed by atoms with Gasteiger partial charge in [0.15, 0.2) is 0 Å². The number of rotatable bonds is 2. The molecule has 0 fully saturated rings. The molecule has 2 aromatic rings. The van der Waals surface area contributed by atoms with E-state index >= 15 is 0 Å². The fourth-order valence-corrected chi connectivity index (χ4v) is 2.59. The van der Waals surface area contributed by atoms with Gasteiger partial charge in [-0.05, 0) is 36.6 Å². The molecular formula is C17H20O. The Kier molecular flexibility index (Phi) is 3.16. The first kappa shape index (κ1) is 12.7. The number of aryl methyl sites for hydroxylation is 1. The van der Waals surface area contributed by atoms with Gasteiger partial charge in [-0.3, -0.25) is 0 Å². The minimum Gasteiger partial charge on any atom is -0.508 e. The second-order valence-corrected chi connectivity index (χ2v) is 5.39. The smallest absolute Gasteiger partial charge is 0.119 e. The zero-order valence-electron chi connectivity index (χ0n) is 11.5. The van der Waals surface area contributed by atoms with Crippen LogP contribution in [-0.4, -0.2) is 5.11 Å². The van der Waals surface area contributed by atoms with Gasteiger partial charge in [0, 0.05) is 11.0 Å².